The Morgan fingerprint density at radius 2 is 1.92 bits per heavy atom. The predicted octanol–water partition coefficient (Wildman–Crippen LogP) is 2.87. The molecule has 0 aliphatic heterocycles. The highest BCUT2D eigenvalue weighted by atomic mass is 16.3. The number of hydrogen-bond donors (Lipinski definition) is 1. The van der Waals surface area contributed by atoms with Crippen molar-refractivity contribution in [3.63, 3.8) is 0 Å². The van der Waals surface area contributed by atoms with E-state index < -0.39 is 11.5 Å². The maximum Gasteiger partial charge on any atom is 0.0776 e. The second-order valence-corrected chi connectivity index (χ2v) is 4.20. The molecule has 2 nitrogen and oxygen atoms in total. The van der Waals surface area contributed by atoms with Crippen LogP contribution in [0, 0.1) is 16.7 Å². The lowest BCUT2D eigenvalue weighted by Crippen LogP contribution is -2.27. The minimum absolute atomic E-state index is 0.477. The van der Waals surface area contributed by atoms with E-state index in [2.05, 4.69) is 13.0 Å². The van der Waals surface area contributed by atoms with Gasteiger partial charge in [-0.25, -0.2) is 0 Å². The summed E-state index contributed by atoms with van der Waals surface area (Å²) in [6.45, 7) is 5.74. The fraction of sp³-hybridized carbons (Fsp3) is 0.909. The SMILES string of the molecule is CCCCCCC(O)C(C)(C)C#N. The molecule has 0 aliphatic rings. The van der Waals surface area contributed by atoms with Gasteiger partial charge in [0.25, 0.3) is 0 Å². The van der Waals surface area contributed by atoms with Gasteiger partial charge in [-0.05, 0) is 20.3 Å². The maximum absolute atomic E-state index is 9.65. The smallest absolute Gasteiger partial charge is 0.0776 e. The molecule has 1 unspecified atom stereocenters. The molecule has 0 aromatic carbocycles. The van der Waals surface area contributed by atoms with E-state index in [9.17, 15) is 5.11 Å². The van der Waals surface area contributed by atoms with Crippen LogP contribution < -0.4 is 0 Å². The third kappa shape index (κ3) is 4.90. The van der Waals surface area contributed by atoms with E-state index in [1.165, 1.54) is 12.8 Å². The van der Waals surface area contributed by atoms with Crippen LogP contribution in [-0.4, -0.2) is 11.2 Å². The zero-order valence-electron chi connectivity index (χ0n) is 9.01. The first kappa shape index (κ1) is 12.4. The number of aliphatic hydroxyl groups is 1. The van der Waals surface area contributed by atoms with Crippen molar-refractivity contribution >= 4 is 0 Å². The maximum atomic E-state index is 9.65. The first-order valence-corrected chi connectivity index (χ1v) is 5.14. The molecule has 0 amide bonds. The zero-order valence-corrected chi connectivity index (χ0v) is 9.01. The number of unbranched alkanes of at least 4 members (excludes halogenated alkanes) is 3. The van der Waals surface area contributed by atoms with Gasteiger partial charge in [-0.1, -0.05) is 32.6 Å². The Kier molecular flexibility index (Phi) is 5.73. The van der Waals surface area contributed by atoms with Gasteiger partial charge in [0, 0.05) is 0 Å². The van der Waals surface area contributed by atoms with Crippen LogP contribution in [-0.2, 0) is 0 Å². The largest absolute Gasteiger partial charge is 0.391 e. The molecule has 0 aromatic heterocycles. The van der Waals surface area contributed by atoms with Gasteiger partial charge in [0.1, 0.15) is 0 Å². The zero-order chi connectivity index (χ0) is 10.3. The van der Waals surface area contributed by atoms with Crippen molar-refractivity contribution in [1.29, 1.82) is 5.26 Å². The van der Waals surface area contributed by atoms with Crippen LogP contribution in [0.3, 0.4) is 0 Å². The lowest BCUT2D eigenvalue weighted by Gasteiger charge is -2.22. The van der Waals surface area contributed by atoms with Crippen molar-refractivity contribution in [3.8, 4) is 6.07 Å². The summed E-state index contributed by atoms with van der Waals surface area (Å²) >= 11 is 0. The first-order chi connectivity index (χ1) is 6.04. The van der Waals surface area contributed by atoms with Gasteiger partial charge in [-0.3, -0.25) is 0 Å². The fourth-order valence-electron chi connectivity index (χ4n) is 1.20. The number of nitriles is 1. The molecule has 0 saturated heterocycles. The van der Waals surface area contributed by atoms with Crippen LogP contribution >= 0.6 is 0 Å². The van der Waals surface area contributed by atoms with E-state index >= 15 is 0 Å². The highest BCUT2D eigenvalue weighted by Crippen LogP contribution is 2.23. The minimum Gasteiger partial charge on any atom is -0.391 e. The topological polar surface area (TPSA) is 44.0 Å². The van der Waals surface area contributed by atoms with E-state index in [4.69, 9.17) is 5.26 Å². The number of rotatable bonds is 6. The Morgan fingerprint density at radius 1 is 1.31 bits per heavy atom. The number of aliphatic hydroxyl groups excluding tert-OH is 1. The fourth-order valence-corrected chi connectivity index (χ4v) is 1.20. The summed E-state index contributed by atoms with van der Waals surface area (Å²) in [5.41, 5.74) is -0.591. The Morgan fingerprint density at radius 3 is 2.38 bits per heavy atom. The molecule has 0 aliphatic carbocycles. The molecule has 76 valence electrons. The average Bonchev–Trinajstić information content (AvgIpc) is 2.12. The number of hydrogen-bond acceptors (Lipinski definition) is 2. The van der Waals surface area contributed by atoms with Gasteiger partial charge in [0.2, 0.25) is 0 Å². The number of nitrogens with zero attached hydrogens (tertiary/aromatic N) is 1. The average molecular weight is 183 g/mol. The molecule has 13 heavy (non-hydrogen) atoms. The third-order valence-electron chi connectivity index (χ3n) is 2.45. The Labute approximate surface area is 81.6 Å². The second-order valence-electron chi connectivity index (χ2n) is 4.20. The van der Waals surface area contributed by atoms with E-state index in [-0.39, 0.29) is 0 Å². The molecule has 0 radical (unpaired) electrons. The summed E-state index contributed by atoms with van der Waals surface area (Å²) < 4.78 is 0. The quantitative estimate of drug-likeness (QED) is 0.643. The molecule has 0 bridgehead atoms. The Bertz CT molecular complexity index is 169. The van der Waals surface area contributed by atoms with Crippen molar-refractivity contribution in [2.24, 2.45) is 5.41 Å². The summed E-state index contributed by atoms with van der Waals surface area (Å²) in [6, 6.07) is 2.13. The summed E-state index contributed by atoms with van der Waals surface area (Å²) in [5.74, 6) is 0. The van der Waals surface area contributed by atoms with E-state index in [0.717, 1.165) is 19.3 Å². The lowest BCUT2D eigenvalue weighted by molar-refractivity contribution is 0.0758. The van der Waals surface area contributed by atoms with Crippen molar-refractivity contribution in [3.05, 3.63) is 0 Å². The molecule has 0 saturated carbocycles. The van der Waals surface area contributed by atoms with Crippen LogP contribution in [0.4, 0.5) is 0 Å². The molecule has 1 atom stereocenters. The second kappa shape index (κ2) is 5.99. The molecular weight excluding hydrogens is 162 g/mol. The summed E-state index contributed by atoms with van der Waals surface area (Å²) in [4.78, 5) is 0. The summed E-state index contributed by atoms with van der Waals surface area (Å²) in [6.07, 6.45) is 4.89. The predicted molar refractivity (Wildman–Crippen MR) is 54.2 cm³/mol. The lowest BCUT2D eigenvalue weighted by atomic mass is 9.85. The normalized spacial score (nSPS) is 13.8. The minimum atomic E-state index is -0.591. The molecule has 0 heterocycles. The molecule has 0 fully saturated rings. The van der Waals surface area contributed by atoms with Crippen LogP contribution in [0.5, 0.6) is 0 Å². The van der Waals surface area contributed by atoms with Gasteiger partial charge >= 0.3 is 0 Å². The highest BCUT2D eigenvalue weighted by molar-refractivity contribution is 4.96. The molecule has 0 spiro atoms. The molecule has 0 rings (SSSR count). The van der Waals surface area contributed by atoms with Crippen molar-refractivity contribution < 1.29 is 5.11 Å². The van der Waals surface area contributed by atoms with Crippen LogP contribution in [0.25, 0.3) is 0 Å². The Balaban J connectivity index is 3.63. The van der Waals surface area contributed by atoms with Crippen molar-refractivity contribution in [2.75, 3.05) is 0 Å². The van der Waals surface area contributed by atoms with Gasteiger partial charge in [0.15, 0.2) is 0 Å². The van der Waals surface area contributed by atoms with Gasteiger partial charge in [-0.15, -0.1) is 0 Å². The molecule has 1 N–H and O–H groups in total. The summed E-state index contributed by atoms with van der Waals surface area (Å²) in [7, 11) is 0. The monoisotopic (exact) mass is 183 g/mol. The van der Waals surface area contributed by atoms with Crippen LogP contribution in [0.15, 0.2) is 0 Å². The van der Waals surface area contributed by atoms with E-state index in [1.807, 2.05) is 0 Å². The van der Waals surface area contributed by atoms with Crippen molar-refractivity contribution in [1.82, 2.24) is 0 Å². The van der Waals surface area contributed by atoms with E-state index in [0.29, 0.717) is 0 Å². The van der Waals surface area contributed by atoms with Crippen LogP contribution in [0.1, 0.15) is 52.9 Å². The van der Waals surface area contributed by atoms with Gasteiger partial charge in [-0.2, -0.15) is 5.26 Å². The summed E-state index contributed by atoms with van der Waals surface area (Å²) in [5, 5.41) is 18.4. The molecule has 0 aromatic rings. The van der Waals surface area contributed by atoms with Crippen LogP contribution in [0.2, 0.25) is 0 Å². The standard InChI is InChI=1S/C11H21NO/c1-4-5-6-7-8-10(13)11(2,3)9-12/h10,13H,4-8H2,1-3H3. The van der Waals surface area contributed by atoms with Gasteiger partial charge in [0.05, 0.1) is 17.6 Å². The van der Waals surface area contributed by atoms with E-state index in [1.54, 1.807) is 13.8 Å². The molecular formula is C11H21NO. The Hall–Kier alpha value is -0.550. The van der Waals surface area contributed by atoms with Gasteiger partial charge < -0.3 is 5.11 Å². The third-order valence-corrected chi connectivity index (χ3v) is 2.45. The highest BCUT2D eigenvalue weighted by Gasteiger charge is 2.26. The van der Waals surface area contributed by atoms with Crippen molar-refractivity contribution in [2.45, 2.75) is 59.0 Å². The molecule has 2 heteroatoms. The first-order valence-electron chi connectivity index (χ1n) is 5.14.